The molecule has 0 saturated heterocycles. The molecule has 30 heavy (non-hydrogen) atoms. The van der Waals surface area contributed by atoms with Gasteiger partial charge in [-0.15, -0.1) is 0 Å². The van der Waals surface area contributed by atoms with E-state index in [-0.39, 0.29) is 0 Å². The van der Waals surface area contributed by atoms with E-state index < -0.39 is 11.2 Å². The summed E-state index contributed by atoms with van der Waals surface area (Å²) < 4.78 is 8.87. The van der Waals surface area contributed by atoms with Crippen LogP contribution in [-0.2, 0) is 13.1 Å². The highest BCUT2D eigenvalue weighted by atomic mass is 16.5. The summed E-state index contributed by atoms with van der Waals surface area (Å²) in [4.78, 5) is 36.6. The van der Waals surface area contributed by atoms with Crippen LogP contribution in [0.15, 0.2) is 58.4 Å². The van der Waals surface area contributed by atoms with Crippen LogP contribution in [0.3, 0.4) is 0 Å². The average molecular weight is 405 g/mol. The van der Waals surface area contributed by atoms with Crippen LogP contribution in [0.4, 0.5) is 0 Å². The fraction of sp³-hybridized carbons (Fsp3) is 0.273. The number of methoxy groups -OCH3 is 1. The molecular weight excluding hydrogens is 382 g/mol. The monoisotopic (exact) mass is 405 g/mol. The van der Waals surface area contributed by atoms with Crippen molar-refractivity contribution >= 4 is 11.2 Å². The topological polar surface area (TPSA) is 94.8 Å². The molecule has 0 spiro atoms. The van der Waals surface area contributed by atoms with E-state index in [9.17, 15) is 9.59 Å². The summed E-state index contributed by atoms with van der Waals surface area (Å²) in [7, 11) is 1.61. The number of para-hydroxylation sites is 1. The normalized spacial score (nSPS) is 11.1. The number of benzene rings is 1. The zero-order chi connectivity index (χ0) is 21.1. The van der Waals surface area contributed by atoms with Gasteiger partial charge in [0.05, 0.1) is 13.7 Å². The van der Waals surface area contributed by atoms with Crippen molar-refractivity contribution in [2.24, 2.45) is 0 Å². The zero-order valence-electron chi connectivity index (χ0n) is 17.0. The number of nitrogens with one attached hydrogen (secondary N) is 1. The Labute approximate surface area is 172 Å². The molecule has 8 nitrogen and oxygen atoms in total. The Morgan fingerprint density at radius 1 is 1.07 bits per heavy atom. The highest BCUT2D eigenvalue weighted by Gasteiger charge is 2.20. The minimum absolute atomic E-state index is 0.364. The van der Waals surface area contributed by atoms with Crippen LogP contribution in [0.25, 0.3) is 22.6 Å². The van der Waals surface area contributed by atoms with Gasteiger partial charge in [-0.3, -0.25) is 19.3 Å². The van der Waals surface area contributed by atoms with E-state index in [1.807, 2.05) is 41.0 Å². The van der Waals surface area contributed by atoms with E-state index in [4.69, 9.17) is 9.72 Å². The predicted molar refractivity (Wildman–Crippen MR) is 115 cm³/mol. The highest BCUT2D eigenvalue weighted by molar-refractivity contribution is 5.77. The molecule has 0 radical (unpaired) electrons. The average Bonchev–Trinajstić information content (AvgIpc) is 3.14. The smallest absolute Gasteiger partial charge is 0.330 e. The number of aryl methyl sites for hydroxylation is 1. The summed E-state index contributed by atoms with van der Waals surface area (Å²) >= 11 is 0. The third-order valence-electron chi connectivity index (χ3n) is 5.08. The van der Waals surface area contributed by atoms with Gasteiger partial charge in [0.15, 0.2) is 11.2 Å². The Bertz CT molecular complexity index is 1290. The summed E-state index contributed by atoms with van der Waals surface area (Å²) in [5.74, 6) is 1.32. The lowest BCUT2D eigenvalue weighted by atomic mass is 10.2. The maximum Gasteiger partial charge on any atom is 0.330 e. The molecule has 0 amide bonds. The number of aromatic nitrogens is 5. The molecule has 0 bridgehead atoms. The fourth-order valence-corrected chi connectivity index (χ4v) is 3.58. The van der Waals surface area contributed by atoms with Crippen LogP contribution in [0.2, 0.25) is 0 Å². The first kappa shape index (κ1) is 19.6. The van der Waals surface area contributed by atoms with Crippen LogP contribution in [0, 0.1) is 0 Å². The number of imidazole rings is 1. The molecule has 1 N–H and O–H groups in total. The van der Waals surface area contributed by atoms with E-state index in [1.54, 1.807) is 24.1 Å². The van der Waals surface area contributed by atoms with Crippen molar-refractivity contribution in [2.45, 2.75) is 32.9 Å². The summed E-state index contributed by atoms with van der Waals surface area (Å²) in [6, 6.07) is 11.3. The predicted octanol–water partition coefficient (Wildman–Crippen LogP) is 2.81. The Hall–Kier alpha value is -3.68. The molecular formula is C22H23N5O3. The van der Waals surface area contributed by atoms with E-state index in [0.29, 0.717) is 30.1 Å². The number of ether oxygens (including phenoxy) is 1. The van der Waals surface area contributed by atoms with Gasteiger partial charge in [0.25, 0.3) is 5.56 Å². The molecule has 4 aromatic rings. The number of hydrogen-bond acceptors (Lipinski definition) is 5. The van der Waals surface area contributed by atoms with E-state index in [2.05, 4.69) is 16.9 Å². The largest absolute Gasteiger partial charge is 0.496 e. The van der Waals surface area contributed by atoms with Crippen molar-refractivity contribution < 1.29 is 4.74 Å². The second-order valence-electron chi connectivity index (χ2n) is 7.01. The van der Waals surface area contributed by atoms with E-state index in [1.165, 1.54) is 0 Å². The summed E-state index contributed by atoms with van der Waals surface area (Å²) in [6.45, 7) is 2.91. The summed E-state index contributed by atoms with van der Waals surface area (Å²) in [5, 5.41) is 0. The Morgan fingerprint density at radius 3 is 2.57 bits per heavy atom. The zero-order valence-corrected chi connectivity index (χ0v) is 17.0. The lowest BCUT2D eigenvalue weighted by Gasteiger charge is -2.12. The van der Waals surface area contributed by atoms with Gasteiger partial charge in [-0.05, 0) is 24.6 Å². The second kappa shape index (κ2) is 8.36. The van der Waals surface area contributed by atoms with E-state index in [0.717, 1.165) is 29.7 Å². The molecule has 4 rings (SSSR count). The first-order valence-corrected chi connectivity index (χ1v) is 9.89. The van der Waals surface area contributed by atoms with Crippen LogP contribution >= 0.6 is 0 Å². The Balaban J connectivity index is 2.01. The molecule has 0 aliphatic heterocycles. The third-order valence-corrected chi connectivity index (χ3v) is 5.08. The maximum absolute atomic E-state index is 12.9. The van der Waals surface area contributed by atoms with Crippen molar-refractivity contribution in [3.8, 4) is 17.1 Å². The standard InChI is InChI=1S/C22H23N5O3/c1-3-4-13-26-20-18(21(28)25-22(26)29)27(14-16-7-5-6-8-17(16)30-2)19(24-20)15-9-11-23-12-10-15/h5-12H,3-4,13-14H2,1-2H3,(H,25,28,29). The van der Waals surface area contributed by atoms with Crippen LogP contribution in [0.5, 0.6) is 5.75 Å². The molecule has 0 aliphatic carbocycles. The van der Waals surface area contributed by atoms with Crippen molar-refractivity contribution in [1.82, 2.24) is 24.1 Å². The van der Waals surface area contributed by atoms with Gasteiger partial charge in [-0.1, -0.05) is 31.5 Å². The van der Waals surface area contributed by atoms with Gasteiger partial charge in [0.2, 0.25) is 0 Å². The molecule has 0 atom stereocenters. The maximum atomic E-state index is 12.9. The summed E-state index contributed by atoms with van der Waals surface area (Å²) in [6.07, 6.45) is 5.09. The third kappa shape index (κ3) is 3.52. The molecule has 8 heteroatoms. The molecule has 0 fully saturated rings. The molecule has 0 unspecified atom stereocenters. The Kier molecular flexibility index (Phi) is 5.47. The number of H-pyrrole nitrogens is 1. The quantitative estimate of drug-likeness (QED) is 0.510. The van der Waals surface area contributed by atoms with E-state index >= 15 is 0 Å². The van der Waals surface area contributed by atoms with Crippen LogP contribution in [0.1, 0.15) is 25.3 Å². The fourth-order valence-electron chi connectivity index (χ4n) is 3.58. The number of nitrogens with zero attached hydrogens (tertiary/aromatic N) is 4. The molecule has 3 heterocycles. The van der Waals surface area contributed by atoms with Gasteiger partial charge in [-0.2, -0.15) is 0 Å². The van der Waals surface area contributed by atoms with Crippen molar-refractivity contribution in [3.63, 3.8) is 0 Å². The number of aromatic amines is 1. The number of rotatable bonds is 7. The first-order chi connectivity index (χ1) is 14.6. The van der Waals surface area contributed by atoms with Gasteiger partial charge in [0.1, 0.15) is 11.6 Å². The van der Waals surface area contributed by atoms with Crippen molar-refractivity contribution in [2.75, 3.05) is 7.11 Å². The molecule has 0 aliphatic rings. The number of unbranched alkanes of at least 4 members (excludes halogenated alkanes) is 1. The van der Waals surface area contributed by atoms with Crippen molar-refractivity contribution in [3.05, 3.63) is 75.2 Å². The molecule has 1 aromatic carbocycles. The number of pyridine rings is 1. The number of fused-ring (bicyclic) bond motifs is 1. The second-order valence-corrected chi connectivity index (χ2v) is 7.01. The van der Waals surface area contributed by atoms with Gasteiger partial charge in [-0.25, -0.2) is 9.78 Å². The molecule has 154 valence electrons. The Morgan fingerprint density at radius 2 is 1.83 bits per heavy atom. The van der Waals surface area contributed by atoms with Crippen LogP contribution in [-0.4, -0.2) is 31.2 Å². The van der Waals surface area contributed by atoms with Crippen molar-refractivity contribution in [1.29, 1.82) is 0 Å². The minimum Gasteiger partial charge on any atom is -0.496 e. The highest BCUT2D eigenvalue weighted by Crippen LogP contribution is 2.26. The van der Waals surface area contributed by atoms with Gasteiger partial charge >= 0.3 is 5.69 Å². The SMILES string of the molecule is CCCCn1c(=O)[nH]c(=O)c2c1nc(-c1ccncc1)n2Cc1ccccc1OC. The van der Waals surface area contributed by atoms with Gasteiger partial charge < -0.3 is 9.30 Å². The van der Waals surface area contributed by atoms with Crippen LogP contribution < -0.4 is 16.0 Å². The molecule has 0 saturated carbocycles. The first-order valence-electron chi connectivity index (χ1n) is 9.89. The van der Waals surface area contributed by atoms with Gasteiger partial charge in [0, 0.05) is 30.1 Å². The summed E-state index contributed by atoms with van der Waals surface area (Å²) in [5.41, 5.74) is 1.57. The number of hydrogen-bond donors (Lipinski definition) is 1. The lowest BCUT2D eigenvalue weighted by molar-refractivity contribution is 0.408. The minimum atomic E-state index is -0.453. The lowest BCUT2D eigenvalue weighted by Crippen LogP contribution is -2.31. The molecule has 3 aromatic heterocycles.